The van der Waals surface area contributed by atoms with Crippen molar-refractivity contribution < 1.29 is 0 Å². The number of anilines is 2. The Morgan fingerprint density at radius 3 is 2.37 bits per heavy atom. The molecule has 0 spiro atoms. The van der Waals surface area contributed by atoms with Gasteiger partial charge in [-0.2, -0.15) is 15.0 Å². The first-order valence-electron chi connectivity index (χ1n) is 10.3. The predicted octanol–water partition coefficient (Wildman–Crippen LogP) is 4.80. The molecule has 5 nitrogen and oxygen atoms in total. The molecule has 5 rings (SSSR count). The first-order chi connectivity index (χ1) is 12.9. The first-order valence-corrected chi connectivity index (χ1v) is 10.3. The number of hydrogen-bond acceptors (Lipinski definition) is 5. The summed E-state index contributed by atoms with van der Waals surface area (Å²) in [5.74, 6) is 3.66. The van der Waals surface area contributed by atoms with Crippen molar-refractivity contribution in [1.82, 2.24) is 15.0 Å². The van der Waals surface area contributed by atoms with Crippen LogP contribution in [0.4, 0.5) is 11.9 Å². The van der Waals surface area contributed by atoms with Gasteiger partial charge in [-0.1, -0.05) is 23.8 Å². The normalized spacial score (nSPS) is 21.0. The predicted molar refractivity (Wildman–Crippen MR) is 109 cm³/mol. The minimum atomic E-state index is 0.0102. The molecule has 142 valence electrons. The topological polar surface area (TPSA) is 62.7 Å². The SMILES string of the molecule is Cc1cccc(-c2nc(NC(C)(C)C3CC3)nc(NC3(C4CC4)CC3)n2)c1. The summed E-state index contributed by atoms with van der Waals surface area (Å²) >= 11 is 0. The molecule has 0 radical (unpaired) electrons. The zero-order chi connectivity index (χ0) is 18.6. The molecule has 3 saturated carbocycles. The van der Waals surface area contributed by atoms with Gasteiger partial charge in [0, 0.05) is 16.6 Å². The Morgan fingerprint density at radius 2 is 1.74 bits per heavy atom. The van der Waals surface area contributed by atoms with E-state index in [0.717, 1.165) is 23.3 Å². The lowest BCUT2D eigenvalue weighted by molar-refractivity contribution is 0.490. The van der Waals surface area contributed by atoms with Crippen LogP contribution in [0.2, 0.25) is 0 Å². The molecule has 3 fully saturated rings. The van der Waals surface area contributed by atoms with Gasteiger partial charge in [0.25, 0.3) is 0 Å². The minimum absolute atomic E-state index is 0.0102. The van der Waals surface area contributed by atoms with Gasteiger partial charge in [-0.15, -0.1) is 0 Å². The van der Waals surface area contributed by atoms with Crippen LogP contribution in [0.3, 0.4) is 0 Å². The molecule has 5 heteroatoms. The van der Waals surface area contributed by atoms with Crippen LogP contribution in [0.1, 0.15) is 57.9 Å². The second-order valence-electron chi connectivity index (χ2n) is 9.35. The lowest BCUT2D eigenvalue weighted by Gasteiger charge is -2.26. The van der Waals surface area contributed by atoms with E-state index in [0.29, 0.717) is 11.9 Å². The van der Waals surface area contributed by atoms with Gasteiger partial charge in [0.15, 0.2) is 5.82 Å². The summed E-state index contributed by atoms with van der Waals surface area (Å²) in [4.78, 5) is 14.3. The van der Waals surface area contributed by atoms with Crippen LogP contribution in [0.25, 0.3) is 11.4 Å². The minimum Gasteiger partial charge on any atom is -0.349 e. The van der Waals surface area contributed by atoms with Gasteiger partial charge in [0.1, 0.15) is 0 Å². The smallest absolute Gasteiger partial charge is 0.228 e. The van der Waals surface area contributed by atoms with E-state index in [4.69, 9.17) is 15.0 Å². The van der Waals surface area contributed by atoms with Crippen molar-refractivity contribution in [3.63, 3.8) is 0 Å². The van der Waals surface area contributed by atoms with Crippen LogP contribution in [0.15, 0.2) is 24.3 Å². The molecule has 1 heterocycles. The molecule has 0 bridgehead atoms. The summed E-state index contributed by atoms with van der Waals surface area (Å²) in [5, 5.41) is 7.28. The fraction of sp³-hybridized carbons (Fsp3) is 0.591. The van der Waals surface area contributed by atoms with Gasteiger partial charge >= 0.3 is 0 Å². The molecule has 0 unspecified atom stereocenters. The highest BCUT2D eigenvalue weighted by atomic mass is 15.3. The van der Waals surface area contributed by atoms with Crippen LogP contribution in [-0.4, -0.2) is 26.0 Å². The first kappa shape index (κ1) is 17.0. The van der Waals surface area contributed by atoms with Gasteiger partial charge in [-0.25, -0.2) is 0 Å². The Kier molecular flexibility index (Phi) is 3.72. The molecule has 2 aromatic rings. The van der Waals surface area contributed by atoms with E-state index in [1.807, 2.05) is 0 Å². The zero-order valence-corrected chi connectivity index (χ0v) is 16.5. The second kappa shape index (κ2) is 5.91. The molecule has 0 aliphatic heterocycles. The monoisotopic (exact) mass is 363 g/mol. The van der Waals surface area contributed by atoms with Crippen molar-refractivity contribution in [3.05, 3.63) is 29.8 Å². The molecule has 3 aliphatic carbocycles. The lowest BCUT2D eigenvalue weighted by Crippen LogP contribution is -2.34. The quantitative estimate of drug-likeness (QED) is 0.740. The van der Waals surface area contributed by atoms with Gasteiger partial charge in [-0.05, 0) is 77.2 Å². The average Bonchev–Trinajstić information content (AvgIpc) is 3.45. The van der Waals surface area contributed by atoms with Crippen molar-refractivity contribution in [2.24, 2.45) is 11.8 Å². The summed E-state index contributed by atoms with van der Waals surface area (Å²) in [7, 11) is 0. The number of hydrogen-bond donors (Lipinski definition) is 2. The standard InChI is InChI=1S/C22H29N5/c1-14-5-4-6-15(13-14)18-23-19(26-21(2,3)16-7-8-16)25-20(24-18)27-22(11-12-22)17-9-10-17/h4-6,13,16-17H,7-12H2,1-3H3,(H2,23,24,25,26,27). The highest BCUT2D eigenvalue weighted by Gasteiger charge is 2.54. The zero-order valence-electron chi connectivity index (χ0n) is 16.5. The molecular weight excluding hydrogens is 334 g/mol. The highest BCUT2D eigenvalue weighted by molar-refractivity contribution is 5.59. The third-order valence-electron chi connectivity index (χ3n) is 6.45. The van der Waals surface area contributed by atoms with Crippen LogP contribution in [-0.2, 0) is 0 Å². The maximum Gasteiger partial charge on any atom is 0.228 e. The fourth-order valence-electron chi connectivity index (χ4n) is 4.22. The van der Waals surface area contributed by atoms with E-state index < -0.39 is 0 Å². The Hall–Kier alpha value is -2.17. The van der Waals surface area contributed by atoms with Crippen molar-refractivity contribution in [2.45, 2.75) is 70.4 Å². The van der Waals surface area contributed by atoms with E-state index in [9.17, 15) is 0 Å². The number of nitrogens with one attached hydrogen (secondary N) is 2. The molecule has 0 atom stereocenters. The third kappa shape index (κ3) is 3.52. The van der Waals surface area contributed by atoms with Gasteiger partial charge in [0.05, 0.1) is 0 Å². The van der Waals surface area contributed by atoms with Crippen LogP contribution < -0.4 is 10.6 Å². The number of benzene rings is 1. The van der Waals surface area contributed by atoms with Gasteiger partial charge in [-0.3, -0.25) is 0 Å². The Balaban J connectivity index is 1.49. The maximum absolute atomic E-state index is 4.80. The van der Waals surface area contributed by atoms with Crippen molar-refractivity contribution >= 4 is 11.9 Å². The number of aromatic nitrogens is 3. The van der Waals surface area contributed by atoms with E-state index in [1.54, 1.807) is 0 Å². The summed E-state index contributed by atoms with van der Waals surface area (Å²) in [6.07, 6.45) is 7.71. The van der Waals surface area contributed by atoms with Gasteiger partial charge < -0.3 is 10.6 Å². The molecule has 0 saturated heterocycles. The van der Waals surface area contributed by atoms with Crippen LogP contribution in [0, 0.1) is 18.8 Å². The number of rotatable bonds is 7. The maximum atomic E-state index is 4.80. The van der Waals surface area contributed by atoms with Crippen molar-refractivity contribution in [3.8, 4) is 11.4 Å². The molecule has 2 N–H and O–H groups in total. The number of nitrogens with zero attached hydrogens (tertiary/aromatic N) is 3. The highest BCUT2D eigenvalue weighted by Crippen LogP contribution is 2.55. The summed E-state index contributed by atoms with van der Waals surface area (Å²) in [5.41, 5.74) is 2.51. The van der Waals surface area contributed by atoms with Crippen LogP contribution in [0.5, 0.6) is 0 Å². The van der Waals surface area contributed by atoms with Gasteiger partial charge in [0.2, 0.25) is 11.9 Å². The Morgan fingerprint density at radius 1 is 1.00 bits per heavy atom. The molecule has 1 aromatic heterocycles. The lowest BCUT2D eigenvalue weighted by atomic mass is 9.99. The Labute approximate surface area is 161 Å². The molecule has 1 aromatic carbocycles. The summed E-state index contributed by atoms with van der Waals surface area (Å²) < 4.78 is 0. The second-order valence-corrected chi connectivity index (χ2v) is 9.35. The fourth-order valence-corrected chi connectivity index (χ4v) is 4.22. The van der Waals surface area contributed by atoms with E-state index in [2.05, 4.69) is 55.7 Å². The Bertz CT molecular complexity index is 829. The summed E-state index contributed by atoms with van der Waals surface area (Å²) in [6, 6.07) is 8.39. The van der Waals surface area contributed by atoms with E-state index >= 15 is 0 Å². The molecule has 0 amide bonds. The molecular formula is C22H29N5. The third-order valence-corrected chi connectivity index (χ3v) is 6.45. The van der Waals surface area contributed by atoms with E-state index in [-0.39, 0.29) is 11.1 Å². The molecule has 3 aliphatic rings. The van der Waals surface area contributed by atoms with Crippen molar-refractivity contribution in [2.75, 3.05) is 10.6 Å². The van der Waals surface area contributed by atoms with Crippen LogP contribution >= 0.6 is 0 Å². The largest absolute Gasteiger partial charge is 0.349 e. The number of aryl methyl sites for hydroxylation is 1. The van der Waals surface area contributed by atoms with E-state index in [1.165, 1.54) is 44.1 Å². The average molecular weight is 364 g/mol. The molecule has 27 heavy (non-hydrogen) atoms. The van der Waals surface area contributed by atoms with Crippen molar-refractivity contribution in [1.29, 1.82) is 0 Å². The summed E-state index contributed by atoms with van der Waals surface area (Å²) in [6.45, 7) is 6.60.